The first-order valence-corrected chi connectivity index (χ1v) is 8.48. The van der Waals surface area contributed by atoms with Crippen LogP contribution in [0.2, 0.25) is 0 Å². The molecule has 4 rings (SSSR count). The number of nitrogens with zero attached hydrogens (tertiary/aromatic N) is 2. The van der Waals surface area contributed by atoms with Crippen molar-refractivity contribution in [3.05, 3.63) is 70.9 Å². The van der Waals surface area contributed by atoms with Gasteiger partial charge in [-0.3, -0.25) is 10.0 Å². The van der Waals surface area contributed by atoms with Crippen LogP contribution < -0.4 is 5.48 Å². The lowest BCUT2D eigenvalue weighted by Gasteiger charge is -2.24. The van der Waals surface area contributed by atoms with E-state index < -0.39 is 5.91 Å². The zero-order chi connectivity index (χ0) is 17.4. The van der Waals surface area contributed by atoms with E-state index in [2.05, 4.69) is 40.8 Å². The molecule has 0 fully saturated rings. The Hall–Kier alpha value is -2.34. The molecule has 0 aliphatic carbocycles. The molecule has 0 spiro atoms. The first-order valence-electron chi connectivity index (χ1n) is 8.48. The Morgan fingerprint density at radius 2 is 1.88 bits per heavy atom. The highest BCUT2D eigenvalue weighted by molar-refractivity contribution is 5.93. The Kier molecular flexibility index (Phi) is 5.32. The molecule has 136 valence electrons. The number of hydrogen-bond donors (Lipinski definition) is 2. The number of hydroxylamine groups is 1. The number of aromatic nitrogens is 1. The number of fused-ring (bicyclic) bond motifs is 3. The van der Waals surface area contributed by atoms with Gasteiger partial charge in [0.25, 0.3) is 5.91 Å². The van der Waals surface area contributed by atoms with Gasteiger partial charge in [-0.25, -0.2) is 5.48 Å². The molecule has 6 heteroatoms. The van der Waals surface area contributed by atoms with Gasteiger partial charge in [0.1, 0.15) is 0 Å². The molecule has 2 heterocycles. The molecular formula is C20H22ClN3O2. The van der Waals surface area contributed by atoms with E-state index in [1.54, 1.807) is 17.6 Å². The standard InChI is InChI=1S/C20H21N3O2.ClH/c1-22-11-10-17-16-4-2-3-5-18(16)23(19(17)13-22)12-14-6-8-15(9-7-14)20(24)21-25;/h2-9,25H,10-13H2,1H3,(H,21,24);1H. The molecule has 0 unspecified atom stereocenters. The van der Waals surface area contributed by atoms with Gasteiger partial charge in [-0.1, -0.05) is 30.3 Å². The number of nitrogens with one attached hydrogen (secondary N) is 1. The van der Waals surface area contributed by atoms with Gasteiger partial charge in [-0.15, -0.1) is 12.4 Å². The summed E-state index contributed by atoms with van der Waals surface area (Å²) in [6, 6.07) is 16.0. The van der Waals surface area contributed by atoms with Crippen LogP contribution in [-0.4, -0.2) is 34.2 Å². The Morgan fingerprint density at radius 3 is 2.62 bits per heavy atom. The van der Waals surface area contributed by atoms with E-state index in [9.17, 15) is 4.79 Å². The van der Waals surface area contributed by atoms with Crippen LogP contribution in [0, 0.1) is 0 Å². The Bertz CT molecular complexity index is 934. The molecule has 0 atom stereocenters. The zero-order valence-electron chi connectivity index (χ0n) is 14.6. The third kappa shape index (κ3) is 3.21. The summed E-state index contributed by atoms with van der Waals surface area (Å²) in [5, 5.41) is 10.1. The summed E-state index contributed by atoms with van der Waals surface area (Å²) >= 11 is 0. The van der Waals surface area contributed by atoms with Crippen LogP contribution in [0.3, 0.4) is 0 Å². The third-order valence-corrected chi connectivity index (χ3v) is 5.02. The molecule has 0 radical (unpaired) electrons. The monoisotopic (exact) mass is 371 g/mol. The number of para-hydroxylation sites is 1. The van der Waals surface area contributed by atoms with Crippen molar-refractivity contribution >= 4 is 29.2 Å². The minimum atomic E-state index is -0.489. The van der Waals surface area contributed by atoms with Gasteiger partial charge in [-0.05, 0) is 42.8 Å². The number of amides is 1. The van der Waals surface area contributed by atoms with Gasteiger partial charge in [0.15, 0.2) is 0 Å². The van der Waals surface area contributed by atoms with E-state index >= 15 is 0 Å². The van der Waals surface area contributed by atoms with E-state index in [0.717, 1.165) is 31.6 Å². The largest absolute Gasteiger partial charge is 0.339 e. The molecule has 1 aliphatic rings. The predicted molar refractivity (Wildman–Crippen MR) is 104 cm³/mol. The maximum absolute atomic E-state index is 11.5. The average molecular weight is 372 g/mol. The second kappa shape index (κ2) is 7.50. The minimum absolute atomic E-state index is 0. The SMILES string of the molecule is CN1CCc2c(n(Cc3ccc(C(=O)NO)cc3)c3ccccc23)C1.Cl. The molecule has 0 saturated heterocycles. The molecule has 3 aromatic rings. The second-order valence-electron chi connectivity index (χ2n) is 6.65. The maximum atomic E-state index is 11.5. The molecule has 1 amide bonds. The second-order valence-corrected chi connectivity index (χ2v) is 6.65. The summed E-state index contributed by atoms with van der Waals surface area (Å²) in [6.07, 6.45) is 1.08. The smallest absolute Gasteiger partial charge is 0.274 e. The van der Waals surface area contributed by atoms with Crippen molar-refractivity contribution < 1.29 is 10.0 Å². The molecule has 5 nitrogen and oxygen atoms in total. The van der Waals surface area contributed by atoms with Crippen molar-refractivity contribution in [2.75, 3.05) is 13.6 Å². The van der Waals surface area contributed by atoms with Crippen molar-refractivity contribution in [2.24, 2.45) is 0 Å². The van der Waals surface area contributed by atoms with Crippen LogP contribution >= 0.6 is 12.4 Å². The molecule has 2 N–H and O–H groups in total. The van der Waals surface area contributed by atoms with Crippen molar-refractivity contribution in [3.8, 4) is 0 Å². The molecule has 1 aliphatic heterocycles. The summed E-state index contributed by atoms with van der Waals surface area (Å²) in [7, 11) is 2.16. The molecule has 26 heavy (non-hydrogen) atoms. The maximum Gasteiger partial charge on any atom is 0.274 e. The minimum Gasteiger partial charge on any atom is -0.339 e. The van der Waals surface area contributed by atoms with Crippen LogP contribution in [0.1, 0.15) is 27.2 Å². The van der Waals surface area contributed by atoms with E-state index in [1.165, 1.54) is 22.2 Å². The molecule has 0 saturated carbocycles. The van der Waals surface area contributed by atoms with Crippen LogP contribution in [-0.2, 0) is 19.5 Å². The lowest BCUT2D eigenvalue weighted by molar-refractivity contribution is 0.0706. The van der Waals surface area contributed by atoms with Crippen LogP contribution in [0.4, 0.5) is 0 Å². The molecule has 1 aromatic heterocycles. The molecule has 2 aromatic carbocycles. The van der Waals surface area contributed by atoms with Crippen LogP contribution in [0.5, 0.6) is 0 Å². The van der Waals surface area contributed by atoms with Gasteiger partial charge >= 0.3 is 0 Å². The summed E-state index contributed by atoms with van der Waals surface area (Å²) in [5.74, 6) is -0.489. The fourth-order valence-corrected chi connectivity index (χ4v) is 3.71. The summed E-state index contributed by atoms with van der Waals surface area (Å²) in [4.78, 5) is 13.8. The lowest BCUT2D eigenvalue weighted by Crippen LogP contribution is -2.27. The van der Waals surface area contributed by atoms with E-state index in [0.29, 0.717) is 5.56 Å². The number of hydrogen-bond acceptors (Lipinski definition) is 3. The summed E-state index contributed by atoms with van der Waals surface area (Å²) < 4.78 is 2.39. The van der Waals surface area contributed by atoms with Gasteiger partial charge in [0, 0.05) is 41.8 Å². The molecule has 0 bridgehead atoms. The van der Waals surface area contributed by atoms with Gasteiger partial charge in [0.05, 0.1) is 0 Å². The van der Waals surface area contributed by atoms with Crippen LogP contribution in [0.15, 0.2) is 48.5 Å². The number of benzene rings is 2. The van der Waals surface area contributed by atoms with Crippen LogP contribution in [0.25, 0.3) is 10.9 Å². The number of halogens is 1. The third-order valence-electron chi connectivity index (χ3n) is 5.02. The number of carbonyl (C=O) groups is 1. The van der Waals surface area contributed by atoms with Gasteiger partial charge in [-0.2, -0.15) is 0 Å². The predicted octanol–water partition coefficient (Wildman–Crippen LogP) is 3.22. The zero-order valence-corrected chi connectivity index (χ0v) is 15.4. The average Bonchev–Trinajstić information content (AvgIpc) is 2.95. The van der Waals surface area contributed by atoms with Crippen molar-refractivity contribution in [2.45, 2.75) is 19.5 Å². The quantitative estimate of drug-likeness (QED) is 0.549. The van der Waals surface area contributed by atoms with Gasteiger partial charge < -0.3 is 9.47 Å². The van der Waals surface area contributed by atoms with E-state index in [4.69, 9.17) is 5.21 Å². The lowest BCUT2D eigenvalue weighted by atomic mass is 10.0. The Labute approximate surface area is 158 Å². The number of rotatable bonds is 3. The summed E-state index contributed by atoms with van der Waals surface area (Å²) in [5.41, 5.74) is 7.36. The topological polar surface area (TPSA) is 57.5 Å². The number of carbonyl (C=O) groups excluding carboxylic acids is 1. The van der Waals surface area contributed by atoms with Gasteiger partial charge in [0.2, 0.25) is 0 Å². The first-order chi connectivity index (χ1) is 12.2. The van der Waals surface area contributed by atoms with E-state index in [1.807, 2.05) is 12.1 Å². The Balaban J connectivity index is 0.00000196. The van der Waals surface area contributed by atoms with Crippen molar-refractivity contribution in [1.82, 2.24) is 14.9 Å². The fourth-order valence-electron chi connectivity index (χ4n) is 3.71. The highest BCUT2D eigenvalue weighted by Gasteiger charge is 2.22. The highest BCUT2D eigenvalue weighted by Crippen LogP contribution is 2.31. The Morgan fingerprint density at radius 1 is 1.15 bits per heavy atom. The number of likely N-dealkylation sites (N-methyl/N-ethyl adjacent to an activating group) is 1. The normalized spacial score (nSPS) is 13.9. The summed E-state index contributed by atoms with van der Waals surface area (Å²) in [6.45, 7) is 2.81. The fraction of sp³-hybridized carbons (Fsp3) is 0.250. The van der Waals surface area contributed by atoms with E-state index in [-0.39, 0.29) is 12.4 Å². The first kappa shape index (κ1) is 18.5. The van der Waals surface area contributed by atoms with Crippen molar-refractivity contribution in [1.29, 1.82) is 0 Å². The highest BCUT2D eigenvalue weighted by atomic mass is 35.5. The van der Waals surface area contributed by atoms with Crippen molar-refractivity contribution in [3.63, 3.8) is 0 Å². The molecular weight excluding hydrogens is 350 g/mol.